The van der Waals surface area contributed by atoms with Crippen LogP contribution in [0.4, 0.5) is 0 Å². The van der Waals surface area contributed by atoms with Crippen LogP contribution in [0.1, 0.15) is 24.2 Å². The third kappa shape index (κ3) is 3.72. The van der Waals surface area contributed by atoms with Crippen LogP contribution in [0.2, 0.25) is 0 Å². The first-order valence-corrected chi connectivity index (χ1v) is 8.02. The number of hydrogen-bond acceptors (Lipinski definition) is 5. The summed E-state index contributed by atoms with van der Waals surface area (Å²) in [6, 6.07) is 3.23. The average molecular weight is 336 g/mol. The third-order valence-electron chi connectivity index (χ3n) is 3.91. The third-order valence-corrected chi connectivity index (χ3v) is 3.91. The molecule has 7 heteroatoms. The number of fused-ring (bicyclic) bond motifs is 1. The van der Waals surface area contributed by atoms with Gasteiger partial charge >= 0.3 is 0 Å². The molecule has 0 fully saturated rings. The van der Waals surface area contributed by atoms with Gasteiger partial charge < -0.3 is 24.0 Å². The number of carbonyl (C=O) groups excluding carboxylic acids is 2. The number of ether oxygens (including phenoxy) is 3. The summed E-state index contributed by atoms with van der Waals surface area (Å²) in [7, 11) is 3.11. The lowest BCUT2D eigenvalue weighted by molar-refractivity contribution is -0.131. The van der Waals surface area contributed by atoms with Crippen LogP contribution in [0, 0.1) is 0 Å². The van der Waals surface area contributed by atoms with E-state index in [-0.39, 0.29) is 18.4 Å². The van der Waals surface area contributed by atoms with Crippen molar-refractivity contribution in [2.45, 2.75) is 13.8 Å². The van der Waals surface area contributed by atoms with E-state index in [4.69, 9.17) is 14.2 Å². The van der Waals surface area contributed by atoms with Crippen molar-refractivity contribution in [3.63, 3.8) is 0 Å². The summed E-state index contributed by atoms with van der Waals surface area (Å²) < 4.78 is 16.4. The van der Waals surface area contributed by atoms with Gasteiger partial charge in [-0.15, -0.1) is 0 Å². The molecule has 0 radical (unpaired) electrons. The topological polar surface area (TPSA) is 68.3 Å². The monoisotopic (exact) mass is 336 g/mol. The van der Waals surface area contributed by atoms with E-state index < -0.39 is 0 Å². The van der Waals surface area contributed by atoms with Crippen molar-refractivity contribution in [3.05, 3.63) is 17.7 Å². The van der Waals surface area contributed by atoms with Gasteiger partial charge in [-0.25, -0.2) is 0 Å². The van der Waals surface area contributed by atoms with Crippen molar-refractivity contribution in [2.75, 3.05) is 47.0 Å². The molecule has 1 aromatic carbocycles. The van der Waals surface area contributed by atoms with Crippen LogP contribution >= 0.6 is 0 Å². The molecular weight excluding hydrogens is 312 g/mol. The summed E-state index contributed by atoms with van der Waals surface area (Å²) in [6.45, 7) is 5.95. The number of hydrogen-bond donors (Lipinski definition) is 0. The molecule has 1 heterocycles. The highest BCUT2D eigenvalue weighted by Gasteiger charge is 2.23. The average Bonchev–Trinajstić information content (AvgIpc) is 2.60. The van der Waals surface area contributed by atoms with E-state index in [0.717, 1.165) is 0 Å². The fourth-order valence-corrected chi connectivity index (χ4v) is 2.57. The lowest BCUT2D eigenvalue weighted by atomic mass is 10.1. The van der Waals surface area contributed by atoms with E-state index in [1.54, 1.807) is 24.1 Å². The van der Waals surface area contributed by atoms with Crippen molar-refractivity contribution in [3.8, 4) is 17.2 Å². The van der Waals surface area contributed by atoms with Crippen LogP contribution in [0.25, 0.3) is 0 Å². The van der Waals surface area contributed by atoms with Gasteiger partial charge in [0.2, 0.25) is 11.7 Å². The Morgan fingerprint density at radius 3 is 2.46 bits per heavy atom. The van der Waals surface area contributed by atoms with Crippen LogP contribution in [0.15, 0.2) is 12.1 Å². The maximum atomic E-state index is 12.6. The molecule has 0 aliphatic carbocycles. The SMILES string of the molecule is CCN(CC)C(=O)CN(C)C(=O)c1cc(OC)c2c(c1)OCCO2. The van der Waals surface area contributed by atoms with Gasteiger partial charge in [0.15, 0.2) is 11.5 Å². The van der Waals surface area contributed by atoms with Crippen molar-refractivity contribution >= 4 is 11.8 Å². The van der Waals surface area contributed by atoms with Crippen molar-refractivity contribution in [1.82, 2.24) is 9.80 Å². The molecule has 2 amide bonds. The molecule has 24 heavy (non-hydrogen) atoms. The van der Waals surface area contributed by atoms with Crippen LogP contribution in [-0.2, 0) is 4.79 Å². The molecule has 0 unspecified atom stereocenters. The number of methoxy groups -OCH3 is 1. The lowest BCUT2D eigenvalue weighted by Crippen LogP contribution is -2.41. The van der Waals surface area contributed by atoms with E-state index in [1.807, 2.05) is 13.8 Å². The van der Waals surface area contributed by atoms with Crippen LogP contribution in [0.5, 0.6) is 17.2 Å². The normalized spacial score (nSPS) is 12.5. The van der Waals surface area contributed by atoms with Crippen LogP contribution in [-0.4, -0.2) is 68.6 Å². The number of amides is 2. The smallest absolute Gasteiger partial charge is 0.254 e. The van der Waals surface area contributed by atoms with Gasteiger partial charge in [0.1, 0.15) is 13.2 Å². The van der Waals surface area contributed by atoms with Crippen molar-refractivity contribution in [1.29, 1.82) is 0 Å². The van der Waals surface area contributed by atoms with Gasteiger partial charge in [0.05, 0.1) is 13.7 Å². The Kier molecular flexibility index (Phi) is 5.89. The summed E-state index contributed by atoms with van der Waals surface area (Å²) in [6.07, 6.45) is 0. The standard InChI is InChI=1S/C17H24N2O5/c1-5-19(6-2)15(20)11-18(3)17(21)12-9-13(22-4)16-14(10-12)23-7-8-24-16/h9-10H,5-8,11H2,1-4H3. The fourth-order valence-electron chi connectivity index (χ4n) is 2.57. The van der Waals surface area contributed by atoms with Gasteiger partial charge in [-0.1, -0.05) is 0 Å². The zero-order valence-electron chi connectivity index (χ0n) is 14.6. The van der Waals surface area contributed by atoms with E-state index in [9.17, 15) is 9.59 Å². The highest BCUT2D eigenvalue weighted by atomic mass is 16.6. The van der Waals surface area contributed by atoms with Crippen LogP contribution in [0.3, 0.4) is 0 Å². The first-order chi connectivity index (χ1) is 11.5. The second kappa shape index (κ2) is 7.90. The predicted molar refractivity (Wildman–Crippen MR) is 88.9 cm³/mol. The summed E-state index contributed by atoms with van der Waals surface area (Å²) >= 11 is 0. The molecule has 132 valence electrons. The maximum Gasteiger partial charge on any atom is 0.254 e. The molecule has 1 aliphatic rings. The molecule has 1 aliphatic heterocycles. The zero-order valence-corrected chi connectivity index (χ0v) is 14.6. The number of benzene rings is 1. The predicted octanol–water partition coefficient (Wildman–Crippen LogP) is 1.41. The summed E-state index contributed by atoms with van der Waals surface area (Å²) in [5, 5.41) is 0. The van der Waals surface area contributed by atoms with Crippen molar-refractivity contribution < 1.29 is 23.8 Å². The molecule has 2 rings (SSSR count). The molecule has 0 atom stereocenters. The van der Waals surface area contributed by atoms with Crippen molar-refractivity contribution in [2.24, 2.45) is 0 Å². The highest BCUT2D eigenvalue weighted by Crippen LogP contribution is 2.40. The molecule has 0 N–H and O–H groups in total. The molecule has 0 bridgehead atoms. The van der Waals surface area contributed by atoms with Gasteiger partial charge in [-0.3, -0.25) is 9.59 Å². The Morgan fingerprint density at radius 2 is 1.83 bits per heavy atom. The zero-order chi connectivity index (χ0) is 17.7. The Balaban J connectivity index is 2.18. The van der Waals surface area contributed by atoms with E-state index in [1.165, 1.54) is 12.0 Å². The first kappa shape index (κ1) is 17.9. The Morgan fingerprint density at radius 1 is 1.17 bits per heavy atom. The quantitative estimate of drug-likeness (QED) is 0.786. The first-order valence-electron chi connectivity index (χ1n) is 8.02. The largest absolute Gasteiger partial charge is 0.493 e. The summed E-state index contributed by atoms with van der Waals surface area (Å²) in [4.78, 5) is 27.9. The summed E-state index contributed by atoms with van der Waals surface area (Å²) in [5.74, 6) is 1.07. The second-order valence-electron chi connectivity index (χ2n) is 5.43. The molecule has 7 nitrogen and oxygen atoms in total. The number of rotatable bonds is 6. The molecule has 0 saturated heterocycles. The molecule has 0 aromatic heterocycles. The lowest BCUT2D eigenvalue weighted by Gasteiger charge is -2.24. The van der Waals surface area contributed by atoms with Gasteiger partial charge in [-0.05, 0) is 26.0 Å². The van der Waals surface area contributed by atoms with E-state index in [2.05, 4.69) is 0 Å². The minimum absolute atomic E-state index is 0.0251. The van der Waals surface area contributed by atoms with E-state index >= 15 is 0 Å². The molecule has 0 spiro atoms. The molecular formula is C17H24N2O5. The Hall–Kier alpha value is -2.44. The number of nitrogens with zero attached hydrogens (tertiary/aromatic N) is 2. The highest BCUT2D eigenvalue weighted by molar-refractivity contribution is 5.97. The molecule has 0 saturated carbocycles. The van der Waals surface area contributed by atoms with E-state index in [0.29, 0.717) is 49.1 Å². The molecule has 1 aromatic rings. The Labute approximate surface area is 142 Å². The summed E-state index contributed by atoms with van der Waals surface area (Å²) in [5.41, 5.74) is 0.394. The Bertz CT molecular complexity index is 596. The second-order valence-corrected chi connectivity index (χ2v) is 5.43. The minimum atomic E-state index is -0.272. The number of carbonyl (C=O) groups is 2. The minimum Gasteiger partial charge on any atom is -0.493 e. The maximum absolute atomic E-state index is 12.6. The fraction of sp³-hybridized carbons (Fsp3) is 0.529. The van der Waals surface area contributed by atoms with Gasteiger partial charge in [0, 0.05) is 25.7 Å². The van der Waals surface area contributed by atoms with Crippen LogP contribution < -0.4 is 14.2 Å². The van der Waals surface area contributed by atoms with Gasteiger partial charge in [0.25, 0.3) is 5.91 Å². The number of likely N-dealkylation sites (N-methyl/N-ethyl adjacent to an activating group) is 2. The van der Waals surface area contributed by atoms with Gasteiger partial charge in [-0.2, -0.15) is 0 Å².